The first kappa shape index (κ1) is 75.5. The van der Waals surface area contributed by atoms with E-state index in [0.29, 0.717) is 17.4 Å². The fourth-order valence-electron chi connectivity index (χ4n) is 10.2. The molecular formula is C67H131N2O7P. The number of carbonyl (C=O) groups is 2. The Labute approximate surface area is 479 Å². The van der Waals surface area contributed by atoms with Gasteiger partial charge in [-0.3, -0.25) is 14.2 Å². The molecule has 0 aromatic carbocycles. The first-order chi connectivity index (χ1) is 37.4. The molecule has 0 aliphatic heterocycles. The predicted octanol–water partition coefficient (Wildman–Crippen LogP) is 20.3. The number of ether oxygens (including phenoxy) is 1. The predicted molar refractivity (Wildman–Crippen MR) is 330 cm³/mol. The molecule has 0 saturated heterocycles. The van der Waals surface area contributed by atoms with Gasteiger partial charge in [-0.1, -0.05) is 296 Å². The molecule has 1 N–H and O–H groups in total. The SMILES string of the molecule is CCCCCCCC/C=C/CCCCCCCCCC(=O)NC(COP(=O)([O-])OCC[N+](C)(C)C)C(/C=C/CCCCCCCCCCCCC)OC(=O)CCCCCCCCCCCCCCCCCCCCCCC. The van der Waals surface area contributed by atoms with Crippen LogP contribution in [0.25, 0.3) is 0 Å². The Morgan fingerprint density at radius 1 is 0.442 bits per heavy atom. The largest absolute Gasteiger partial charge is 0.756 e. The van der Waals surface area contributed by atoms with Crippen molar-refractivity contribution in [1.29, 1.82) is 0 Å². The lowest BCUT2D eigenvalue weighted by Crippen LogP contribution is -2.47. The lowest BCUT2D eigenvalue weighted by Gasteiger charge is -2.30. The summed E-state index contributed by atoms with van der Waals surface area (Å²) in [6.07, 6.45) is 68.6. The molecule has 456 valence electrons. The number of hydrogen-bond donors (Lipinski definition) is 1. The molecule has 10 heteroatoms. The van der Waals surface area contributed by atoms with Crippen LogP contribution in [0.5, 0.6) is 0 Å². The second-order valence-electron chi connectivity index (χ2n) is 24.3. The summed E-state index contributed by atoms with van der Waals surface area (Å²) in [7, 11) is 1.20. The van der Waals surface area contributed by atoms with Crippen LogP contribution < -0.4 is 10.2 Å². The summed E-state index contributed by atoms with van der Waals surface area (Å²) in [5.74, 6) is -0.526. The van der Waals surface area contributed by atoms with Gasteiger partial charge in [0.25, 0.3) is 7.82 Å². The van der Waals surface area contributed by atoms with Crippen molar-refractivity contribution in [2.24, 2.45) is 0 Å². The molecule has 0 fully saturated rings. The highest BCUT2D eigenvalue weighted by Crippen LogP contribution is 2.38. The Bertz CT molecular complexity index is 1370. The average Bonchev–Trinajstić information content (AvgIpc) is 3.39. The molecule has 0 rings (SSSR count). The number of likely N-dealkylation sites (N-methyl/N-ethyl adjacent to an activating group) is 1. The molecule has 0 saturated carbocycles. The smallest absolute Gasteiger partial charge is 0.306 e. The molecule has 0 aliphatic carbocycles. The average molecular weight is 1110 g/mol. The number of amides is 1. The number of esters is 1. The van der Waals surface area contributed by atoms with Gasteiger partial charge in [-0.25, -0.2) is 0 Å². The number of nitrogens with one attached hydrogen (secondary N) is 1. The van der Waals surface area contributed by atoms with Crippen molar-refractivity contribution in [1.82, 2.24) is 5.32 Å². The molecular weight excluding hydrogens is 976 g/mol. The number of unbranched alkanes of at least 4 members (excludes halogenated alkanes) is 44. The summed E-state index contributed by atoms with van der Waals surface area (Å²) in [5.41, 5.74) is 0. The molecule has 0 aromatic heterocycles. The molecule has 3 atom stereocenters. The molecule has 0 aromatic rings. The Balaban J connectivity index is 5.16. The zero-order chi connectivity index (χ0) is 56.4. The molecule has 1 amide bonds. The van der Waals surface area contributed by atoms with Gasteiger partial charge in [-0.15, -0.1) is 0 Å². The zero-order valence-corrected chi connectivity index (χ0v) is 53.1. The number of hydrogen-bond acceptors (Lipinski definition) is 7. The lowest BCUT2D eigenvalue weighted by molar-refractivity contribution is -0.870. The highest BCUT2D eigenvalue weighted by Gasteiger charge is 2.27. The zero-order valence-electron chi connectivity index (χ0n) is 52.2. The standard InChI is InChI=1S/C67H131N2O7P/c1-7-10-13-16-19-22-25-28-30-32-33-34-35-37-39-42-45-48-51-54-57-60-67(71)76-65(58-55-52-49-46-43-40-27-24-21-18-15-12-9-3)64(63-75-77(72,73)74-62-61-69(4,5)6)68-66(70)59-56-53-50-47-44-41-38-36-31-29-26-23-20-17-14-11-8-2/h29,31,55,58,64-65H,7-28,30,32-54,56-57,59-63H2,1-6H3,(H-,68,70,72,73)/b31-29+,58-55+. The Morgan fingerprint density at radius 3 is 1.10 bits per heavy atom. The minimum absolute atomic E-state index is 0.0194. The minimum Gasteiger partial charge on any atom is -0.756 e. The van der Waals surface area contributed by atoms with Crippen LogP contribution in [-0.4, -0.2) is 69.4 Å². The fourth-order valence-corrected chi connectivity index (χ4v) is 10.9. The van der Waals surface area contributed by atoms with Crippen LogP contribution in [0.1, 0.15) is 342 Å². The Hall–Kier alpha value is -1.51. The minimum atomic E-state index is -4.70. The third-order valence-electron chi connectivity index (χ3n) is 15.4. The fraction of sp³-hybridized carbons (Fsp3) is 0.910. The molecule has 0 radical (unpaired) electrons. The van der Waals surface area contributed by atoms with Crippen LogP contribution in [0.2, 0.25) is 0 Å². The quantitative estimate of drug-likeness (QED) is 0.0212. The van der Waals surface area contributed by atoms with E-state index >= 15 is 0 Å². The molecule has 0 heterocycles. The van der Waals surface area contributed by atoms with Gasteiger partial charge in [-0.05, 0) is 57.4 Å². The van der Waals surface area contributed by atoms with Crippen LogP contribution in [0.3, 0.4) is 0 Å². The highest BCUT2D eigenvalue weighted by molar-refractivity contribution is 7.45. The van der Waals surface area contributed by atoms with Crippen molar-refractivity contribution >= 4 is 19.7 Å². The van der Waals surface area contributed by atoms with Gasteiger partial charge in [0.15, 0.2) is 0 Å². The first-order valence-corrected chi connectivity index (χ1v) is 35.1. The van der Waals surface area contributed by atoms with Crippen molar-refractivity contribution in [3.63, 3.8) is 0 Å². The van der Waals surface area contributed by atoms with E-state index in [1.54, 1.807) is 0 Å². The van der Waals surface area contributed by atoms with Gasteiger partial charge < -0.3 is 28.5 Å². The first-order valence-electron chi connectivity index (χ1n) is 33.6. The van der Waals surface area contributed by atoms with Gasteiger partial charge in [0.1, 0.15) is 19.3 Å². The summed E-state index contributed by atoms with van der Waals surface area (Å²) in [4.78, 5) is 40.1. The number of carbonyl (C=O) groups excluding carboxylic acids is 2. The van der Waals surface area contributed by atoms with E-state index in [2.05, 4.69) is 38.2 Å². The molecule has 0 spiro atoms. The Kier molecular flexibility index (Phi) is 56.6. The molecule has 0 aliphatic rings. The second kappa shape index (κ2) is 57.7. The van der Waals surface area contributed by atoms with E-state index in [-0.39, 0.29) is 31.5 Å². The molecule has 3 unspecified atom stereocenters. The topological polar surface area (TPSA) is 114 Å². The van der Waals surface area contributed by atoms with E-state index in [4.69, 9.17) is 13.8 Å². The summed E-state index contributed by atoms with van der Waals surface area (Å²) in [6.45, 7) is 6.90. The number of phosphoric ester groups is 1. The maximum Gasteiger partial charge on any atom is 0.306 e. The third kappa shape index (κ3) is 58.9. The number of rotatable bonds is 62. The van der Waals surface area contributed by atoms with Crippen LogP contribution in [0, 0.1) is 0 Å². The number of phosphoric acid groups is 1. The second-order valence-corrected chi connectivity index (χ2v) is 25.7. The van der Waals surface area contributed by atoms with E-state index in [9.17, 15) is 19.0 Å². The van der Waals surface area contributed by atoms with Gasteiger partial charge in [-0.2, -0.15) is 0 Å². The number of nitrogens with zero attached hydrogens (tertiary/aromatic N) is 1. The molecule has 77 heavy (non-hydrogen) atoms. The summed E-state index contributed by atoms with van der Waals surface area (Å²) in [6, 6.07) is -0.885. The van der Waals surface area contributed by atoms with Crippen molar-refractivity contribution < 1.29 is 37.3 Å². The van der Waals surface area contributed by atoms with E-state index in [0.717, 1.165) is 70.6 Å². The summed E-state index contributed by atoms with van der Waals surface area (Å²) >= 11 is 0. The van der Waals surface area contributed by atoms with E-state index in [1.165, 1.54) is 238 Å². The van der Waals surface area contributed by atoms with Crippen LogP contribution in [-0.2, 0) is 27.9 Å². The van der Waals surface area contributed by atoms with Crippen LogP contribution >= 0.6 is 7.82 Å². The van der Waals surface area contributed by atoms with Crippen molar-refractivity contribution in [3.8, 4) is 0 Å². The normalized spacial score (nSPS) is 13.7. The van der Waals surface area contributed by atoms with E-state index in [1.807, 2.05) is 33.3 Å². The van der Waals surface area contributed by atoms with Gasteiger partial charge in [0.2, 0.25) is 5.91 Å². The van der Waals surface area contributed by atoms with Crippen molar-refractivity contribution in [2.75, 3.05) is 40.9 Å². The van der Waals surface area contributed by atoms with Gasteiger partial charge in [0.05, 0.1) is 33.8 Å². The number of allylic oxidation sites excluding steroid dienone is 3. The van der Waals surface area contributed by atoms with E-state index < -0.39 is 20.0 Å². The molecule has 0 bridgehead atoms. The summed E-state index contributed by atoms with van der Waals surface area (Å²) in [5, 5.41) is 3.04. The van der Waals surface area contributed by atoms with Crippen LogP contribution in [0.4, 0.5) is 0 Å². The third-order valence-corrected chi connectivity index (χ3v) is 16.3. The lowest BCUT2D eigenvalue weighted by atomic mass is 10.0. The van der Waals surface area contributed by atoms with Gasteiger partial charge in [0, 0.05) is 12.8 Å². The molecule has 9 nitrogen and oxygen atoms in total. The monoisotopic (exact) mass is 1110 g/mol. The van der Waals surface area contributed by atoms with Crippen LogP contribution in [0.15, 0.2) is 24.3 Å². The summed E-state index contributed by atoms with van der Waals surface area (Å²) < 4.78 is 30.4. The Morgan fingerprint density at radius 2 is 0.753 bits per heavy atom. The highest BCUT2D eigenvalue weighted by atomic mass is 31.2. The van der Waals surface area contributed by atoms with Gasteiger partial charge >= 0.3 is 5.97 Å². The van der Waals surface area contributed by atoms with Crippen molar-refractivity contribution in [2.45, 2.75) is 354 Å². The maximum absolute atomic E-state index is 13.6. The number of quaternary nitrogens is 1. The maximum atomic E-state index is 13.6. The van der Waals surface area contributed by atoms with Crippen molar-refractivity contribution in [3.05, 3.63) is 24.3 Å².